The lowest BCUT2D eigenvalue weighted by atomic mass is 10.0. The van der Waals surface area contributed by atoms with Gasteiger partial charge in [0, 0.05) is 6.54 Å². The summed E-state index contributed by atoms with van der Waals surface area (Å²) in [6.45, 7) is 2.00. The van der Waals surface area contributed by atoms with E-state index in [4.69, 9.17) is 15.6 Å². The maximum absolute atomic E-state index is 10.9. The van der Waals surface area contributed by atoms with E-state index in [2.05, 4.69) is 4.99 Å². The van der Waals surface area contributed by atoms with Crippen LogP contribution in [0.25, 0.3) is 0 Å². The van der Waals surface area contributed by atoms with E-state index >= 15 is 0 Å². The molecule has 0 aromatic carbocycles. The monoisotopic (exact) mass is 197 g/mol. The molecule has 2 aliphatic rings. The molecule has 2 atom stereocenters. The maximum atomic E-state index is 10.9. The summed E-state index contributed by atoms with van der Waals surface area (Å²) >= 11 is 0. The molecule has 0 saturated carbocycles. The zero-order valence-corrected chi connectivity index (χ0v) is 7.67. The molecule has 76 valence electrons. The summed E-state index contributed by atoms with van der Waals surface area (Å²) in [4.78, 5) is 16.2. The summed E-state index contributed by atoms with van der Waals surface area (Å²) in [5.74, 6) is 0. The number of fused-ring (bicyclic) bond motifs is 1. The van der Waals surface area contributed by atoms with Gasteiger partial charge in [-0.15, -0.1) is 0 Å². The number of aliphatic imine (C=N–C) groups is 1. The Morgan fingerprint density at radius 1 is 1.93 bits per heavy atom. The lowest BCUT2D eigenvalue weighted by Crippen LogP contribution is -2.55. The quantitative estimate of drug-likeness (QED) is 0.533. The normalized spacial score (nSPS) is 34.8. The lowest BCUT2D eigenvalue weighted by Gasteiger charge is -2.37. The largest absolute Gasteiger partial charge is 0.465 e. The van der Waals surface area contributed by atoms with Crippen molar-refractivity contribution >= 4 is 12.1 Å². The maximum Gasteiger partial charge on any atom is 0.409 e. The SMILES string of the molecule is C[C@]12N=C(N)O[C@@H]1C=CCN2C(=O)O. The van der Waals surface area contributed by atoms with Gasteiger partial charge in [0.25, 0.3) is 6.02 Å². The highest BCUT2D eigenvalue weighted by Gasteiger charge is 2.48. The Kier molecular flexibility index (Phi) is 1.67. The molecule has 3 N–H and O–H groups in total. The van der Waals surface area contributed by atoms with Gasteiger partial charge in [0.15, 0.2) is 11.8 Å². The second kappa shape index (κ2) is 2.63. The molecule has 0 radical (unpaired) electrons. The van der Waals surface area contributed by atoms with Crippen LogP contribution in [0.4, 0.5) is 4.79 Å². The Morgan fingerprint density at radius 3 is 3.29 bits per heavy atom. The van der Waals surface area contributed by atoms with Crippen LogP contribution in [-0.4, -0.2) is 40.4 Å². The number of amidine groups is 1. The average Bonchev–Trinajstić information content (AvgIpc) is 2.37. The van der Waals surface area contributed by atoms with Crippen LogP contribution >= 0.6 is 0 Å². The highest BCUT2D eigenvalue weighted by molar-refractivity contribution is 5.76. The van der Waals surface area contributed by atoms with Crippen LogP contribution in [0, 0.1) is 0 Å². The van der Waals surface area contributed by atoms with Crippen LogP contribution in [0.5, 0.6) is 0 Å². The summed E-state index contributed by atoms with van der Waals surface area (Å²) in [6.07, 6.45) is 2.08. The van der Waals surface area contributed by atoms with Gasteiger partial charge in [-0.05, 0) is 13.0 Å². The van der Waals surface area contributed by atoms with E-state index in [1.807, 2.05) is 0 Å². The molecule has 0 spiro atoms. The Morgan fingerprint density at radius 2 is 2.64 bits per heavy atom. The van der Waals surface area contributed by atoms with E-state index in [0.29, 0.717) is 6.54 Å². The number of rotatable bonds is 0. The molecule has 0 unspecified atom stereocenters. The van der Waals surface area contributed by atoms with Crippen LogP contribution in [-0.2, 0) is 4.74 Å². The van der Waals surface area contributed by atoms with Crippen LogP contribution < -0.4 is 5.73 Å². The van der Waals surface area contributed by atoms with E-state index < -0.39 is 17.9 Å². The minimum atomic E-state index is -1.02. The highest BCUT2D eigenvalue weighted by atomic mass is 16.5. The third-order valence-electron chi connectivity index (χ3n) is 2.50. The molecule has 6 heteroatoms. The first-order chi connectivity index (χ1) is 6.54. The summed E-state index contributed by atoms with van der Waals surface area (Å²) < 4.78 is 5.18. The molecule has 0 aliphatic carbocycles. The zero-order chi connectivity index (χ0) is 10.3. The van der Waals surface area contributed by atoms with Gasteiger partial charge < -0.3 is 15.6 Å². The van der Waals surface area contributed by atoms with E-state index in [9.17, 15) is 4.79 Å². The number of amides is 1. The summed E-state index contributed by atoms with van der Waals surface area (Å²) in [7, 11) is 0. The molecule has 6 nitrogen and oxygen atoms in total. The van der Waals surface area contributed by atoms with Gasteiger partial charge in [0.2, 0.25) is 0 Å². The Bertz CT molecular complexity index is 339. The van der Waals surface area contributed by atoms with Crippen molar-refractivity contribution in [2.45, 2.75) is 18.7 Å². The standard InChI is InChI=1S/C8H11N3O3/c1-8-5(14-6(9)10-8)3-2-4-11(8)7(12)13/h2-3,5H,4H2,1H3,(H2,9,10)(H,12,13)/t5-,8-/m1/s1. The predicted molar refractivity (Wildman–Crippen MR) is 48.8 cm³/mol. The molecule has 2 rings (SSSR count). The Labute approximate surface area is 80.7 Å². The number of nitrogens with zero attached hydrogens (tertiary/aromatic N) is 2. The third-order valence-corrected chi connectivity index (χ3v) is 2.50. The fourth-order valence-corrected chi connectivity index (χ4v) is 1.74. The molecule has 0 bridgehead atoms. The molecular formula is C8H11N3O3. The van der Waals surface area contributed by atoms with Crippen molar-refractivity contribution in [3.05, 3.63) is 12.2 Å². The minimum Gasteiger partial charge on any atom is -0.465 e. The average molecular weight is 197 g/mol. The first-order valence-electron chi connectivity index (χ1n) is 4.23. The Balaban J connectivity index is 2.39. The first kappa shape index (κ1) is 8.86. The van der Waals surface area contributed by atoms with Crippen LogP contribution in [0.1, 0.15) is 6.92 Å². The summed E-state index contributed by atoms with van der Waals surface area (Å²) in [5.41, 5.74) is 4.50. The van der Waals surface area contributed by atoms with Crippen molar-refractivity contribution in [2.75, 3.05) is 6.54 Å². The third kappa shape index (κ3) is 1.03. The van der Waals surface area contributed by atoms with Crippen molar-refractivity contribution in [2.24, 2.45) is 10.7 Å². The van der Waals surface area contributed by atoms with Gasteiger partial charge in [-0.1, -0.05) is 6.08 Å². The molecule has 0 aromatic rings. The molecule has 2 aliphatic heterocycles. The van der Waals surface area contributed by atoms with E-state index in [1.165, 1.54) is 4.90 Å². The number of hydrogen-bond donors (Lipinski definition) is 2. The van der Waals surface area contributed by atoms with Gasteiger partial charge in [-0.3, -0.25) is 4.90 Å². The minimum absolute atomic E-state index is 0.0373. The van der Waals surface area contributed by atoms with Crippen molar-refractivity contribution in [3.8, 4) is 0 Å². The van der Waals surface area contributed by atoms with Gasteiger partial charge in [-0.25, -0.2) is 9.79 Å². The second-order valence-electron chi connectivity index (χ2n) is 3.40. The molecule has 2 heterocycles. The lowest BCUT2D eigenvalue weighted by molar-refractivity contribution is 0.0432. The fraction of sp³-hybridized carbons (Fsp3) is 0.500. The number of ether oxygens (including phenoxy) is 1. The molecule has 0 saturated heterocycles. The topological polar surface area (TPSA) is 88.2 Å². The fourth-order valence-electron chi connectivity index (χ4n) is 1.74. The van der Waals surface area contributed by atoms with Crippen LogP contribution in [0.15, 0.2) is 17.1 Å². The number of hydrogen-bond acceptors (Lipinski definition) is 4. The smallest absolute Gasteiger partial charge is 0.409 e. The number of carbonyl (C=O) groups is 1. The van der Waals surface area contributed by atoms with E-state index in [1.54, 1.807) is 19.1 Å². The van der Waals surface area contributed by atoms with Gasteiger partial charge in [0.1, 0.15) is 0 Å². The van der Waals surface area contributed by atoms with E-state index in [0.717, 1.165) is 0 Å². The molecule has 0 fully saturated rings. The van der Waals surface area contributed by atoms with Crippen molar-refractivity contribution < 1.29 is 14.6 Å². The highest BCUT2D eigenvalue weighted by Crippen LogP contribution is 2.32. The van der Waals surface area contributed by atoms with Crippen molar-refractivity contribution in [3.63, 3.8) is 0 Å². The van der Waals surface area contributed by atoms with Gasteiger partial charge in [-0.2, -0.15) is 0 Å². The number of carboxylic acid groups (broad SMARTS) is 1. The molecule has 0 aromatic heterocycles. The van der Waals surface area contributed by atoms with Crippen LogP contribution in [0.3, 0.4) is 0 Å². The molecule has 14 heavy (non-hydrogen) atoms. The zero-order valence-electron chi connectivity index (χ0n) is 7.67. The second-order valence-corrected chi connectivity index (χ2v) is 3.40. The number of nitrogens with two attached hydrogens (primary N) is 1. The first-order valence-corrected chi connectivity index (χ1v) is 4.23. The summed E-state index contributed by atoms with van der Waals surface area (Å²) in [5, 5.41) is 8.96. The van der Waals surface area contributed by atoms with Crippen molar-refractivity contribution in [1.29, 1.82) is 0 Å². The molecular weight excluding hydrogens is 186 g/mol. The van der Waals surface area contributed by atoms with Crippen LogP contribution in [0.2, 0.25) is 0 Å². The Hall–Kier alpha value is -1.72. The van der Waals surface area contributed by atoms with Crippen molar-refractivity contribution in [1.82, 2.24) is 4.90 Å². The van der Waals surface area contributed by atoms with E-state index in [-0.39, 0.29) is 6.02 Å². The van der Waals surface area contributed by atoms with Gasteiger partial charge >= 0.3 is 6.09 Å². The molecule has 1 amide bonds. The predicted octanol–water partition coefficient (Wildman–Crippen LogP) is -0.0341. The summed E-state index contributed by atoms with van der Waals surface area (Å²) in [6, 6.07) is 0.0373. The van der Waals surface area contributed by atoms with Gasteiger partial charge in [0.05, 0.1) is 0 Å².